The quantitative estimate of drug-likeness (QED) is 0.263. The maximum atomic E-state index is 16.8. The molecule has 3 N–H and O–H groups in total. The van der Waals surface area contributed by atoms with Gasteiger partial charge in [0, 0.05) is 48.4 Å². The Labute approximate surface area is 261 Å². The summed E-state index contributed by atoms with van der Waals surface area (Å²) in [4.78, 5) is 13.4. The normalized spacial score (nSPS) is 25.2. The first-order chi connectivity index (χ1) is 21.1. The second-order valence-electron chi connectivity index (χ2n) is 12.1. The van der Waals surface area contributed by atoms with Crippen molar-refractivity contribution in [3.05, 3.63) is 40.4 Å². The van der Waals surface area contributed by atoms with Crippen LogP contribution >= 0.6 is 22.9 Å². The monoisotopic (exact) mass is 641 g/mol. The summed E-state index contributed by atoms with van der Waals surface area (Å²) < 4.78 is 52.4. The number of nitriles is 1. The van der Waals surface area contributed by atoms with Crippen LogP contribution in [0.1, 0.15) is 38.2 Å². The first-order valence-corrected chi connectivity index (χ1v) is 15.9. The lowest BCUT2D eigenvalue weighted by atomic mass is 9.95. The van der Waals surface area contributed by atoms with Crippen LogP contribution in [0.4, 0.5) is 24.0 Å². The molecule has 3 fully saturated rings. The fraction of sp³-hybridized carbons (Fsp3) is 0.452. The number of rotatable bonds is 6. The van der Waals surface area contributed by atoms with Gasteiger partial charge in [-0.1, -0.05) is 17.7 Å². The number of anilines is 2. The molecular formula is C31H31ClF3N7OS. The third-order valence-electron chi connectivity index (χ3n) is 9.59. The van der Waals surface area contributed by atoms with Crippen LogP contribution in [0.25, 0.3) is 32.1 Å². The highest BCUT2D eigenvalue weighted by molar-refractivity contribution is 7.23. The lowest BCUT2D eigenvalue weighted by Crippen LogP contribution is -2.43. The van der Waals surface area contributed by atoms with Gasteiger partial charge in [-0.3, -0.25) is 4.90 Å². The van der Waals surface area contributed by atoms with Crippen LogP contribution in [0.2, 0.25) is 5.02 Å². The van der Waals surface area contributed by atoms with E-state index >= 15 is 4.39 Å². The van der Waals surface area contributed by atoms with E-state index in [0.29, 0.717) is 24.2 Å². The predicted molar refractivity (Wildman–Crippen MR) is 167 cm³/mol. The standard InChI is InChI=1S/C31H31ClF3N7OS/c1-15-22(6-8-38-15)41(2)29-18-10-20(32)24(17-4-5-21(34)27-23(17)19(12-36)28(37)44-27)25(35)26(18)39-30(40-29)43-14-31-7-3-9-42(31)13-16(33)11-31/h4-5,10,15-16,22,38H,3,6-9,11,13-14,37H2,1-2H3/t15?,16-,22?,31+/m1/s1. The topological polar surface area (TPSA) is 103 Å². The molecule has 4 atom stereocenters. The minimum absolute atomic E-state index is 0.0181. The molecule has 0 aliphatic carbocycles. The van der Waals surface area contributed by atoms with Crippen LogP contribution in [0.5, 0.6) is 6.01 Å². The maximum absolute atomic E-state index is 16.8. The van der Waals surface area contributed by atoms with Gasteiger partial charge in [-0.25, -0.2) is 13.2 Å². The van der Waals surface area contributed by atoms with E-state index in [4.69, 9.17) is 27.1 Å². The number of aromatic nitrogens is 2. The van der Waals surface area contributed by atoms with Gasteiger partial charge in [-0.15, -0.1) is 11.3 Å². The largest absolute Gasteiger partial charge is 0.461 e. The molecule has 0 radical (unpaired) electrons. The summed E-state index contributed by atoms with van der Waals surface area (Å²) in [5, 5.41) is 14.0. The molecule has 3 aliphatic heterocycles. The number of thiophene rings is 1. The zero-order valence-corrected chi connectivity index (χ0v) is 25.8. The van der Waals surface area contributed by atoms with E-state index in [9.17, 15) is 14.0 Å². The molecule has 2 aromatic heterocycles. The highest BCUT2D eigenvalue weighted by Crippen LogP contribution is 2.46. The number of nitrogens with one attached hydrogen (secondary N) is 1. The first kappa shape index (κ1) is 29.3. The molecule has 3 aliphatic rings. The summed E-state index contributed by atoms with van der Waals surface area (Å²) in [6, 6.07) is 6.45. The molecule has 44 heavy (non-hydrogen) atoms. The Bertz CT molecular complexity index is 1850. The lowest BCUT2D eigenvalue weighted by Gasteiger charge is -2.32. The summed E-state index contributed by atoms with van der Waals surface area (Å²) in [7, 11) is 1.90. The fourth-order valence-electron chi connectivity index (χ4n) is 7.43. The van der Waals surface area contributed by atoms with Crippen molar-refractivity contribution < 1.29 is 17.9 Å². The smallest absolute Gasteiger partial charge is 0.319 e. The predicted octanol–water partition coefficient (Wildman–Crippen LogP) is 6.04. The first-order valence-electron chi connectivity index (χ1n) is 14.7. The van der Waals surface area contributed by atoms with Crippen molar-refractivity contribution in [2.45, 2.75) is 56.4 Å². The van der Waals surface area contributed by atoms with Crippen molar-refractivity contribution in [1.82, 2.24) is 20.2 Å². The summed E-state index contributed by atoms with van der Waals surface area (Å²) in [5.74, 6) is -0.864. The molecule has 13 heteroatoms. The van der Waals surface area contributed by atoms with Gasteiger partial charge in [0.1, 0.15) is 41.0 Å². The van der Waals surface area contributed by atoms with Crippen molar-refractivity contribution in [3.63, 3.8) is 0 Å². The number of nitrogen functional groups attached to an aromatic ring is 1. The minimum Gasteiger partial charge on any atom is -0.461 e. The number of ether oxygens (including phenoxy) is 1. The number of benzene rings is 2. The third-order valence-corrected chi connectivity index (χ3v) is 10.9. The van der Waals surface area contributed by atoms with Crippen molar-refractivity contribution in [2.24, 2.45) is 0 Å². The van der Waals surface area contributed by atoms with Crippen LogP contribution in [0.15, 0.2) is 18.2 Å². The van der Waals surface area contributed by atoms with E-state index in [2.05, 4.69) is 22.1 Å². The van der Waals surface area contributed by atoms with Crippen LogP contribution in [-0.4, -0.2) is 72.0 Å². The van der Waals surface area contributed by atoms with E-state index in [-0.39, 0.29) is 67.0 Å². The minimum atomic E-state index is -0.923. The Morgan fingerprint density at radius 1 is 1.34 bits per heavy atom. The number of nitrogens with zero attached hydrogens (tertiary/aromatic N) is 5. The highest BCUT2D eigenvalue weighted by atomic mass is 35.5. The Morgan fingerprint density at radius 3 is 2.91 bits per heavy atom. The molecule has 3 saturated heterocycles. The summed E-state index contributed by atoms with van der Waals surface area (Å²) >= 11 is 7.74. The number of fused-ring (bicyclic) bond motifs is 3. The molecule has 0 amide bonds. The van der Waals surface area contributed by atoms with Crippen LogP contribution < -0.4 is 20.7 Å². The van der Waals surface area contributed by atoms with Gasteiger partial charge in [0.2, 0.25) is 0 Å². The van der Waals surface area contributed by atoms with E-state index in [1.807, 2.05) is 18.0 Å². The average Bonchev–Trinajstić information content (AvgIpc) is 3.74. The van der Waals surface area contributed by atoms with Crippen molar-refractivity contribution in [1.29, 1.82) is 5.26 Å². The third kappa shape index (κ3) is 4.55. The number of nitrogens with two attached hydrogens (primary N) is 1. The molecule has 0 spiro atoms. The SMILES string of the molecule is CC1NCCC1N(C)c1nc(OC[C@@]23CCCN2C[C@H](F)C3)nc2c(F)c(-c3ccc(F)c4sc(N)c(C#N)c34)c(Cl)cc12. The summed E-state index contributed by atoms with van der Waals surface area (Å²) in [5.41, 5.74) is 5.86. The van der Waals surface area contributed by atoms with Gasteiger partial charge in [0.05, 0.1) is 20.8 Å². The van der Waals surface area contributed by atoms with E-state index in [1.54, 1.807) is 6.07 Å². The highest BCUT2D eigenvalue weighted by Gasteiger charge is 2.49. The van der Waals surface area contributed by atoms with E-state index < -0.39 is 23.3 Å². The Balaban J connectivity index is 1.40. The van der Waals surface area contributed by atoms with E-state index in [0.717, 1.165) is 43.7 Å². The molecule has 4 aromatic rings. The Kier molecular flexibility index (Phi) is 7.28. The van der Waals surface area contributed by atoms with Crippen molar-refractivity contribution >= 4 is 54.7 Å². The molecule has 230 valence electrons. The second-order valence-corrected chi connectivity index (χ2v) is 13.6. The number of hydrogen-bond donors (Lipinski definition) is 2. The van der Waals surface area contributed by atoms with Gasteiger partial charge >= 0.3 is 6.01 Å². The molecule has 7 rings (SSSR count). The van der Waals surface area contributed by atoms with E-state index in [1.165, 1.54) is 12.1 Å². The Morgan fingerprint density at radius 2 is 2.16 bits per heavy atom. The number of halogens is 4. The summed E-state index contributed by atoms with van der Waals surface area (Å²) in [6.45, 7) is 4.28. The van der Waals surface area contributed by atoms with Gasteiger partial charge < -0.3 is 20.7 Å². The average molecular weight is 642 g/mol. The molecule has 0 bridgehead atoms. The van der Waals surface area contributed by atoms with Crippen LogP contribution in [0, 0.1) is 23.0 Å². The number of alkyl halides is 1. The van der Waals surface area contributed by atoms with Crippen LogP contribution in [0.3, 0.4) is 0 Å². The molecule has 5 heterocycles. The Hall–Kier alpha value is -3.37. The van der Waals surface area contributed by atoms with Gasteiger partial charge in [-0.2, -0.15) is 15.2 Å². The van der Waals surface area contributed by atoms with Gasteiger partial charge in [0.25, 0.3) is 0 Å². The van der Waals surface area contributed by atoms with Crippen LogP contribution in [-0.2, 0) is 0 Å². The zero-order valence-electron chi connectivity index (χ0n) is 24.3. The van der Waals surface area contributed by atoms with Crippen molar-refractivity contribution in [2.75, 3.05) is 43.9 Å². The molecule has 8 nitrogen and oxygen atoms in total. The second kappa shape index (κ2) is 10.9. The molecule has 0 saturated carbocycles. The number of hydrogen-bond acceptors (Lipinski definition) is 9. The lowest BCUT2D eigenvalue weighted by molar-refractivity contribution is 0.107. The number of likely N-dealkylation sites (N-methyl/N-ethyl adjacent to an activating group) is 1. The summed E-state index contributed by atoms with van der Waals surface area (Å²) in [6.07, 6.45) is 2.06. The molecule has 2 unspecified atom stereocenters. The van der Waals surface area contributed by atoms with Gasteiger partial charge in [0.15, 0.2) is 5.82 Å². The molecule has 2 aromatic carbocycles. The fourth-order valence-corrected chi connectivity index (χ4v) is 8.67. The van der Waals surface area contributed by atoms with Crippen molar-refractivity contribution in [3.8, 4) is 23.2 Å². The molecular weight excluding hydrogens is 611 g/mol. The zero-order chi connectivity index (χ0) is 30.9. The van der Waals surface area contributed by atoms with Gasteiger partial charge in [-0.05, 0) is 57.0 Å². The maximum Gasteiger partial charge on any atom is 0.319 e.